The third-order valence-corrected chi connectivity index (χ3v) is 10.5. The van der Waals surface area contributed by atoms with Crippen molar-refractivity contribution in [1.82, 2.24) is 0 Å². The summed E-state index contributed by atoms with van der Waals surface area (Å²) in [5.74, 6) is 0. The summed E-state index contributed by atoms with van der Waals surface area (Å²) in [4.78, 5) is 1.87. The number of anilines is 3. The fraction of sp³-hybridized carbons (Fsp3) is 0. The molecule has 0 fully saturated rings. The predicted molar refractivity (Wildman–Crippen MR) is 229 cm³/mol. The van der Waals surface area contributed by atoms with Crippen LogP contribution in [0.4, 0.5) is 17.1 Å². The molecule has 0 saturated heterocycles. The summed E-state index contributed by atoms with van der Waals surface area (Å²) in [6, 6.07) is 57.5. The van der Waals surface area contributed by atoms with Gasteiger partial charge in [-0.3, -0.25) is 0 Å². The number of benzene rings is 9. The first-order valence-electron chi connectivity index (χ1n) is 20.3. The third kappa shape index (κ3) is 5.28. The Morgan fingerprint density at radius 1 is 0.364 bits per heavy atom. The second kappa shape index (κ2) is 12.6. The molecule has 0 N–H and O–H groups in total. The van der Waals surface area contributed by atoms with Crippen molar-refractivity contribution in [3.63, 3.8) is 0 Å². The zero-order chi connectivity index (χ0) is 39.8. The minimum atomic E-state index is -0.141. The normalized spacial score (nSPS) is 12.7. The van der Waals surface area contributed by atoms with Crippen LogP contribution in [0.5, 0.6) is 0 Å². The lowest BCUT2D eigenvalue weighted by Crippen LogP contribution is -2.11. The van der Waals surface area contributed by atoms with E-state index in [4.69, 9.17) is 8.83 Å². The van der Waals surface area contributed by atoms with E-state index in [1.165, 1.54) is 0 Å². The van der Waals surface area contributed by atoms with Crippen LogP contribution in [-0.2, 0) is 0 Å². The van der Waals surface area contributed by atoms with Crippen molar-refractivity contribution in [2.75, 3.05) is 4.90 Å². The Hall–Kier alpha value is -7.36. The van der Waals surface area contributed by atoms with Crippen molar-refractivity contribution < 1.29 is 14.3 Å². The first-order valence-corrected chi connectivity index (χ1v) is 18.3. The van der Waals surface area contributed by atoms with E-state index < -0.39 is 0 Å². The Bertz CT molecular complexity index is 3410. The molecule has 0 spiro atoms. The number of hydrogen-bond donors (Lipinski definition) is 0. The minimum absolute atomic E-state index is 0.111. The molecule has 55 heavy (non-hydrogen) atoms. The number of rotatable bonds is 6. The number of furan rings is 2. The lowest BCUT2D eigenvalue weighted by atomic mass is 9.96. The van der Waals surface area contributed by atoms with Crippen molar-refractivity contribution in [1.29, 1.82) is 0 Å². The molecule has 0 bridgehead atoms. The van der Waals surface area contributed by atoms with E-state index in [1.807, 2.05) is 126 Å². The zero-order valence-electron chi connectivity index (χ0n) is 33.5. The van der Waals surface area contributed by atoms with Crippen LogP contribution in [0, 0.1) is 0 Å². The summed E-state index contributed by atoms with van der Waals surface area (Å²) in [6.07, 6.45) is 0. The summed E-state index contributed by atoms with van der Waals surface area (Å²) in [6.45, 7) is 0. The molecule has 0 aliphatic carbocycles. The molecule has 0 aliphatic rings. The van der Waals surface area contributed by atoms with Gasteiger partial charge < -0.3 is 13.7 Å². The van der Waals surface area contributed by atoms with Crippen LogP contribution in [0.3, 0.4) is 0 Å². The smallest absolute Gasteiger partial charge is 0.136 e. The van der Waals surface area contributed by atoms with Gasteiger partial charge >= 0.3 is 0 Å². The van der Waals surface area contributed by atoms with Gasteiger partial charge in [0.2, 0.25) is 0 Å². The Morgan fingerprint density at radius 2 is 0.982 bits per heavy atom. The Balaban J connectivity index is 1.13. The van der Waals surface area contributed by atoms with Gasteiger partial charge in [0.15, 0.2) is 0 Å². The minimum Gasteiger partial charge on any atom is -0.456 e. The van der Waals surface area contributed by atoms with Gasteiger partial charge in [0.1, 0.15) is 22.3 Å². The van der Waals surface area contributed by atoms with Crippen LogP contribution in [0.1, 0.15) is 5.48 Å². The molecule has 0 radical (unpaired) electrons. The molecular weight excluding hydrogens is 671 g/mol. The van der Waals surface area contributed by atoms with Crippen LogP contribution in [0.2, 0.25) is 0 Å². The Labute approximate surface area is 323 Å². The number of nitrogens with zero attached hydrogens (tertiary/aromatic N) is 1. The van der Waals surface area contributed by atoms with Crippen LogP contribution in [0.25, 0.3) is 88.0 Å². The molecule has 0 unspecified atom stereocenters. The molecule has 11 rings (SSSR count). The predicted octanol–water partition coefficient (Wildman–Crippen LogP) is 15.1. The highest BCUT2D eigenvalue weighted by Gasteiger charge is 2.21. The van der Waals surface area contributed by atoms with Gasteiger partial charge in [0.05, 0.1) is 11.2 Å². The van der Waals surface area contributed by atoms with Crippen molar-refractivity contribution in [2.24, 2.45) is 0 Å². The highest BCUT2D eigenvalue weighted by molar-refractivity contribution is 6.16. The average molecular weight is 708 g/mol. The maximum absolute atomic E-state index is 9.56. The summed E-state index contributed by atoms with van der Waals surface area (Å²) < 4.78 is 50.4. The quantitative estimate of drug-likeness (QED) is 0.172. The van der Waals surface area contributed by atoms with Gasteiger partial charge in [0, 0.05) is 38.5 Å². The molecule has 11 aromatic rings. The van der Waals surface area contributed by atoms with Crippen molar-refractivity contribution >= 4 is 71.7 Å². The molecule has 0 atom stereocenters. The molecule has 258 valence electrons. The summed E-state index contributed by atoms with van der Waals surface area (Å²) in [5, 5.41) is 6.27. The van der Waals surface area contributed by atoms with Gasteiger partial charge in [-0.25, -0.2) is 0 Å². The fourth-order valence-electron chi connectivity index (χ4n) is 7.90. The molecule has 9 aromatic carbocycles. The van der Waals surface area contributed by atoms with Crippen molar-refractivity contribution in [3.05, 3.63) is 200 Å². The van der Waals surface area contributed by atoms with E-state index >= 15 is 0 Å². The fourth-order valence-corrected chi connectivity index (χ4v) is 7.90. The largest absolute Gasteiger partial charge is 0.456 e. The molecule has 3 heteroatoms. The summed E-state index contributed by atoms with van der Waals surface area (Å²) >= 11 is 0. The van der Waals surface area contributed by atoms with Gasteiger partial charge in [-0.2, -0.15) is 0 Å². The summed E-state index contributed by atoms with van der Waals surface area (Å²) in [5.41, 5.74) is 9.30. The van der Waals surface area contributed by atoms with Crippen LogP contribution in [-0.4, -0.2) is 0 Å². The molecular formula is C52H33NO2. The maximum Gasteiger partial charge on any atom is 0.136 e. The van der Waals surface area contributed by atoms with Crippen LogP contribution < -0.4 is 4.90 Å². The SMILES string of the molecule is [2H]c1c([2H])c(N(c2ccc(-c3ccc4c(c3)oc3ccccc34)cc2)c2ccccc2-c2cccc3oc4cc5ccccc5cc4c23)c([2H])c([2H])c1-c1ccccc1. The van der Waals surface area contributed by atoms with Gasteiger partial charge in [-0.05, 0) is 105 Å². The van der Waals surface area contributed by atoms with Gasteiger partial charge in [-0.15, -0.1) is 0 Å². The maximum atomic E-state index is 9.56. The van der Waals surface area contributed by atoms with E-state index in [0.29, 0.717) is 16.9 Å². The summed E-state index contributed by atoms with van der Waals surface area (Å²) in [7, 11) is 0. The number of hydrogen-bond acceptors (Lipinski definition) is 3. The second-order valence-corrected chi connectivity index (χ2v) is 13.8. The molecule has 0 amide bonds. The highest BCUT2D eigenvalue weighted by atomic mass is 16.3. The van der Waals surface area contributed by atoms with Crippen LogP contribution in [0.15, 0.2) is 209 Å². The van der Waals surface area contributed by atoms with E-state index in [-0.39, 0.29) is 35.4 Å². The third-order valence-electron chi connectivity index (χ3n) is 10.5. The first-order chi connectivity index (χ1) is 28.9. The van der Waals surface area contributed by atoms with Gasteiger partial charge in [-0.1, -0.05) is 133 Å². The second-order valence-electron chi connectivity index (χ2n) is 13.8. The number of fused-ring (bicyclic) bond motifs is 7. The van der Waals surface area contributed by atoms with Crippen molar-refractivity contribution in [3.8, 4) is 33.4 Å². The molecule has 0 saturated carbocycles. The number of para-hydroxylation sites is 2. The Morgan fingerprint density at radius 3 is 1.84 bits per heavy atom. The van der Waals surface area contributed by atoms with Crippen molar-refractivity contribution in [2.45, 2.75) is 0 Å². The lowest BCUT2D eigenvalue weighted by molar-refractivity contribution is 0.669. The van der Waals surface area contributed by atoms with E-state index in [0.717, 1.165) is 76.9 Å². The first kappa shape index (κ1) is 27.3. The van der Waals surface area contributed by atoms with E-state index in [9.17, 15) is 5.48 Å². The molecule has 0 aliphatic heterocycles. The molecule has 2 aromatic heterocycles. The average Bonchev–Trinajstić information content (AvgIpc) is 3.84. The lowest BCUT2D eigenvalue weighted by Gasteiger charge is -2.28. The van der Waals surface area contributed by atoms with E-state index in [2.05, 4.69) is 54.6 Å². The monoisotopic (exact) mass is 707 g/mol. The van der Waals surface area contributed by atoms with E-state index in [1.54, 1.807) is 0 Å². The van der Waals surface area contributed by atoms with Gasteiger partial charge in [0.25, 0.3) is 0 Å². The topological polar surface area (TPSA) is 29.5 Å². The standard InChI is InChI=1S/C52H33NO2/c1-2-11-34(12-3-1)35-21-26-40(27-22-35)53(41-28-23-36(24-29-41)39-25-30-44-43-16-7-9-19-48(43)54-50(44)33-39)47-18-8-6-15-42(47)45-17-10-20-49-52(45)46-31-37-13-4-5-14-38(37)32-51(46)55-49/h1-33H/i21D,22D,26D,27D. The molecule has 3 nitrogen and oxygen atoms in total. The van der Waals surface area contributed by atoms with Crippen LogP contribution >= 0.6 is 0 Å². The zero-order valence-corrected chi connectivity index (χ0v) is 29.5. The Kier molecular flexibility index (Phi) is 6.27. The highest BCUT2D eigenvalue weighted by Crippen LogP contribution is 2.46. The molecule has 2 heterocycles.